The highest BCUT2D eigenvalue weighted by atomic mass is 32.2. The van der Waals surface area contributed by atoms with Crippen LogP contribution in [0.25, 0.3) is 0 Å². The molecule has 0 saturated carbocycles. The van der Waals surface area contributed by atoms with Gasteiger partial charge in [-0.3, -0.25) is 0 Å². The zero-order chi connectivity index (χ0) is 13.0. The molecule has 18 heavy (non-hydrogen) atoms. The third-order valence-electron chi connectivity index (χ3n) is 3.45. The van der Waals surface area contributed by atoms with Crippen LogP contribution < -0.4 is 10.6 Å². The van der Waals surface area contributed by atoms with Crippen LogP contribution in [-0.2, 0) is 11.3 Å². The van der Waals surface area contributed by atoms with Gasteiger partial charge in [-0.1, -0.05) is 13.0 Å². The van der Waals surface area contributed by atoms with Crippen molar-refractivity contribution < 1.29 is 4.74 Å². The molecule has 0 amide bonds. The molecule has 0 spiro atoms. The van der Waals surface area contributed by atoms with Crippen LogP contribution in [0.2, 0.25) is 0 Å². The fraction of sp³-hybridized carbons (Fsp3) is 0.571. The quantitative estimate of drug-likeness (QED) is 0.831. The minimum atomic E-state index is 0.483. The molecule has 4 heteroatoms. The van der Waals surface area contributed by atoms with E-state index in [4.69, 9.17) is 10.5 Å². The summed E-state index contributed by atoms with van der Waals surface area (Å²) < 4.78 is 5.47. The molecule has 100 valence electrons. The summed E-state index contributed by atoms with van der Waals surface area (Å²) in [5.41, 5.74) is 8.47. The van der Waals surface area contributed by atoms with Crippen LogP contribution in [0, 0.1) is 0 Å². The van der Waals surface area contributed by atoms with Crippen LogP contribution >= 0.6 is 11.8 Å². The summed E-state index contributed by atoms with van der Waals surface area (Å²) in [4.78, 5) is 3.64. The third kappa shape index (κ3) is 2.82. The van der Waals surface area contributed by atoms with Crippen molar-refractivity contribution >= 4 is 17.4 Å². The Morgan fingerprint density at radius 1 is 1.50 bits per heavy atom. The van der Waals surface area contributed by atoms with E-state index < -0.39 is 0 Å². The Morgan fingerprint density at radius 3 is 2.94 bits per heavy atom. The van der Waals surface area contributed by atoms with Gasteiger partial charge >= 0.3 is 0 Å². The Hall–Kier alpha value is -0.710. The molecule has 1 atom stereocenters. The molecule has 1 aliphatic rings. The molecule has 0 aliphatic carbocycles. The number of benzene rings is 1. The number of likely N-dealkylation sites (N-methyl/N-ethyl adjacent to an activating group) is 1. The maximum Gasteiger partial charge on any atom is 0.0670 e. The average molecular weight is 266 g/mol. The molecule has 1 unspecified atom stereocenters. The van der Waals surface area contributed by atoms with E-state index in [1.54, 1.807) is 0 Å². The average Bonchev–Trinajstić information content (AvgIpc) is 2.92. The summed E-state index contributed by atoms with van der Waals surface area (Å²) in [6, 6.07) is 6.94. The standard InChI is InChI=1S/C14H22N2OS/c1-3-18-14-6-4-5-13(12(14)9-15)16(2)11-7-8-17-10-11/h4-6,11H,3,7-10,15H2,1-2H3. The highest BCUT2D eigenvalue weighted by Gasteiger charge is 2.22. The van der Waals surface area contributed by atoms with E-state index in [-0.39, 0.29) is 0 Å². The lowest BCUT2D eigenvalue weighted by atomic mass is 10.1. The molecule has 1 heterocycles. The van der Waals surface area contributed by atoms with Gasteiger partial charge in [-0.05, 0) is 24.3 Å². The van der Waals surface area contributed by atoms with E-state index in [1.807, 2.05) is 11.8 Å². The third-order valence-corrected chi connectivity index (χ3v) is 4.43. The Kier molecular flexibility index (Phi) is 4.92. The van der Waals surface area contributed by atoms with Crippen LogP contribution in [-0.4, -0.2) is 32.1 Å². The minimum absolute atomic E-state index is 0.483. The second kappa shape index (κ2) is 6.45. The number of hydrogen-bond donors (Lipinski definition) is 1. The maximum atomic E-state index is 5.95. The van der Waals surface area contributed by atoms with Crippen molar-refractivity contribution in [1.29, 1.82) is 0 Å². The Labute approximate surface area is 114 Å². The van der Waals surface area contributed by atoms with Crippen molar-refractivity contribution in [3.8, 4) is 0 Å². The molecule has 1 aromatic carbocycles. The molecule has 0 bridgehead atoms. The van der Waals surface area contributed by atoms with Crippen molar-refractivity contribution in [3.05, 3.63) is 23.8 Å². The second-order valence-electron chi connectivity index (χ2n) is 4.52. The number of nitrogens with zero attached hydrogens (tertiary/aromatic N) is 1. The largest absolute Gasteiger partial charge is 0.379 e. The number of thioether (sulfide) groups is 1. The lowest BCUT2D eigenvalue weighted by Gasteiger charge is -2.28. The summed E-state index contributed by atoms with van der Waals surface area (Å²) in [6.07, 6.45) is 1.10. The van der Waals surface area contributed by atoms with E-state index in [0.29, 0.717) is 12.6 Å². The highest BCUT2D eigenvalue weighted by molar-refractivity contribution is 7.99. The van der Waals surface area contributed by atoms with Crippen LogP contribution in [0.4, 0.5) is 5.69 Å². The monoisotopic (exact) mass is 266 g/mol. The van der Waals surface area contributed by atoms with Gasteiger partial charge in [0.25, 0.3) is 0 Å². The van der Waals surface area contributed by atoms with E-state index in [1.165, 1.54) is 16.1 Å². The summed E-state index contributed by atoms with van der Waals surface area (Å²) in [7, 11) is 2.15. The van der Waals surface area contributed by atoms with Gasteiger partial charge in [0.2, 0.25) is 0 Å². The van der Waals surface area contributed by atoms with Gasteiger partial charge in [0, 0.05) is 36.3 Å². The normalized spacial score (nSPS) is 19.2. The molecule has 1 aliphatic heterocycles. The van der Waals surface area contributed by atoms with E-state index in [2.05, 4.69) is 37.1 Å². The van der Waals surface area contributed by atoms with Crippen molar-refractivity contribution in [3.63, 3.8) is 0 Å². The van der Waals surface area contributed by atoms with Crippen LogP contribution in [0.5, 0.6) is 0 Å². The van der Waals surface area contributed by atoms with Gasteiger partial charge in [-0.25, -0.2) is 0 Å². The molecule has 1 aromatic rings. The van der Waals surface area contributed by atoms with Crippen molar-refractivity contribution in [2.75, 3.05) is 30.9 Å². The van der Waals surface area contributed by atoms with Crippen molar-refractivity contribution in [1.82, 2.24) is 0 Å². The van der Waals surface area contributed by atoms with Crippen LogP contribution in [0.15, 0.2) is 23.1 Å². The molecular formula is C14H22N2OS. The van der Waals surface area contributed by atoms with Crippen LogP contribution in [0.1, 0.15) is 18.9 Å². The molecule has 0 radical (unpaired) electrons. The zero-order valence-electron chi connectivity index (χ0n) is 11.2. The smallest absolute Gasteiger partial charge is 0.0670 e. The van der Waals surface area contributed by atoms with Gasteiger partial charge in [0.05, 0.1) is 12.6 Å². The molecule has 3 nitrogen and oxygen atoms in total. The van der Waals surface area contributed by atoms with E-state index >= 15 is 0 Å². The van der Waals surface area contributed by atoms with Crippen molar-refractivity contribution in [2.45, 2.75) is 30.8 Å². The van der Waals surface area contributed by atoms with Gasteiger partial charge < -0.3 is 15.4 Å². The fourth-order valence-corrected chi connectivity index (χ4v) is 3.25. The van der Waals surface area contributed by atoms with E-state index in [9.17, 15) is 0 Å². The highest BCUT2D eigenvalue weighted by Crippen LogP contribution is 2.31. The first-order valence-electron chi connectivity index (χ1n) is 6.53. The number of ether oxygens (including phenoxy) is 1. The number of anilines is 1. The predicted molar refractivity (Wildman–Crippen MR) is 78.4 cm³/mol. The summed E-state index contributed by atoms with van der Waals surface area (Å²) in [5, 5.41) is 0. The Bertz CT molecular complexity index is 391. The second-order valence-corrected chi connectivity index (χ2v) is 5.83. The first-order chi connectivity index (χ1) is 8.77. The van der Waals surface area contributed by atoms with Gasteiger partial charge in [0.15, 0.2) is 0 Å². The maximum absolute atomic E-state index is 5.95. The van der Waals surface area contributed by atoms with Gasteiger partial charge in [0.1, 0.15) is 0 Å². The molecule has 0 aromatic heterocycles. The zero-order valence-corrected chi connectivity index (χ0v) is 12.0. The predicted octanol–water partition coefficient (Wildman–Crippen LogP) is 2.48. The summed E-state index contributed by atoms with van der Waals surface area (Å²) in [6.45, 7) is 4.46. The topological polar surface area (TPSA) is 38.5 Å². The SMILES string of the molecule is CCSc1cccc(N(C)C2CCOC2)c1CN. The molecular weight excluding hydrogens is 244 g/mol. The van der Waals surface area contributed by atoms with Gasteiger partial charge in [-0.2, -0.15) is 0 Å². The number of nitrogens with two attached hydrogens (primary N) is 1. The summed E-state index contributed by atoms with van der Waals surface area (Å²) in [5.74, 6) is 1.08. The molecule has 2 rings (SSSR count). The summed E-state index contributed by atoms with van der Waals surface area (Å²) >= 11 is 1.86. The molecule has 2 N–H and O–H groups in total. The Balaban J connectivity index is 2.27. The first kappa shape index (κ1) is 13.7. The first-order valence-corrected chi connectivity index (χ1v) is 7.51. The Morgan fingerprint density at radius 2 is 2.33 bits per heavy atom. The lowest BCUT2D eigenvalue weighted by Crippen LogP contribution is -2.32. The van der Waals surface area contributed by atoms with E-state index in [0.717, 1.165) is 25.4 Å². The fourth-order valence-electron chi connectivity index (χ4n) is 2.40. The lowest BCUT2D eigenvalue weighted by molar-refractivity contribution is 0.193. The number of rotatable bonds is 5. The molecule has 1 saturated heterocycles. The number of hydrogen-bond acceptors (Lipinski definition) is 4. The van der Waals surface area contributed by atoms with Crippen molar-refractivity contribution in [2.24, 2.45) is 5.73 Å². The minimum Gasteiger partial charge on any atom is -0.379 e. The van der Waals surface area contributed by atoms with Crippen LogP contribution in [0.3, 0.4) is 0 Å². The van der Waals surface area contributed by atoms with Gasteiger partial charge in [-0.15, -0.1) is 11.8 Å². The molecule has 1 fully saturated rings.